The van der Waals surface area contributed by atoms with Gasteiger partial charge in [-0.1, -0.05) is 36.4 Å². The molecule has 3 N–H and O–H groups in total. The van der Waals surface area contributed by atoms with Crippen molar-refractivity contribution < 1.29 is 24.3 Å². The van der Waals surface area contributed by atoms with Crippen LogP contribution in [0.4, 0.5) is 0 Å². The van der Waals surface area contributed by atoms with Gasteiger partial charge in [0.1, 0.15) is 24.4 Å². The van der Waals surface area contributed by atoms with Crippen molar-refractivity contribution in [2.24, 2.45) is 0 Å². The molecule has 0 saturated carbocycles. The maximum atomic E-state index is 13.1. The summed E-state index contributed by atoms with van der Waals surface area (Å²) in [6, 6.07) is 20.9. The molecule has 0 spiro atoms. The van der Waals surface area contributed by atoms with E-state index in [0.717, 1.165) is 45.6 Å². The van der Waals surface area contributed by atoms with Crippen LogP contribution in [0.25, 0.3) is 10.9 Å². The van der Waals surface area contributed by atoms with E-state index in [0.29, 0.717) is 17.7 Å². The predicted molar refractivity (Wildman–Crippen MR) is 135 cm³/mol. The van der Waals surface area contributed by atoms with Crippen LogP contribution in [0.1, 0.15) is 49.6 Å². The van der Waals surface area contributed by atoms with E-state index in [1.54, 1.807) is 31.4 Å². The summed E-state index contributed by atoms with van der Waals surface area (Å²) in [6.07, 6.45) is 2.00. The molecule has 0 aliphatic carbocycles. The van der Waals surface area contributed by atoms with Gasteiger partial charge in [-0.2, -0.15) is 0 Å². The van der Waals surface area contributed by atoms with E-state index in [1.807, 2.05) is 36.5 Å². The van der Waals surface area contributed by atoms with Gasteiger partial charge in [0, 0.05) is 34.6 Å². The number of carbonyl (C=O) groups is 2. The molecule has 0 saturated heterocycles. The minimum absolute atomic E-state index is 0.133. The summed E-state index contributed by atoms with van der Waals surface area (Å²) in [6.45, 7) is 1.52. The summed E-state index contributed by atoms with van der Waals surface area (Å²) in [4.78, 5) is 32.1. The van der Waals surface area contributed by atoms with Gasteiger partial charge >= 0.3 is 0 Å². The fourth-order valence-electron chi connectivity index (χ4n) is 5.73. The summed E-state index contributed by atoms with van der Waals surface area (Å²) in [5.41, 5.74) is 5.03. The van der Waals surface area contributed by atoms with E-state index < -0.39 is 6.10 Å². The quantitative estimate of drug-likeness (QED) is 0.369. The lowest BCUT2D eigenvalue weighted by molar-refractivity contribution is -0.936. The second kappa shape index (κ2) is 8.93. The van der Waals surface area contributed by atoms with Gasteiger partial charge in [0.2, 0.25) is 0 Å². The number of rotatable bonds is 6. The number of hydrogen-bond donors (Lipinski definition) is 3. The summed E-state index contributed by atoms with van der Waals surface area (Å²) < 4.78 is 5.38. The van der Waals surface area contributed by atoms with Crippen LogP contribution in [0.5, 0.6) is 5.75 Å². The number of aromatic amines is 1. The lowest BCUT2D eigenvalue weighted by atomic mass is 9.91. The number of benzene rings is 3. The van der Waals surface area contributed by atoms with Crippen LogP contribution in [0.3, 0.4) is 0 Å². The third kappa shape index (κ3) is 3.68. The van der Waals surface area contributed by atoms with E-state index in [2.05, 4.69) is 17.1 Å². The molecule has 0 radical (unpaired) electrons. The molecule has 6 rings (SSSR count). The topological polar surface area (TPSA) is 87.1 Å². The van der Waals surface area contributed by atoms with Gasteiger partial charge in [0.25, 0.3) is 11.8 Å². The Morgan fingerprint density at radius 1 is 1.06 bits per heavy atom. The fraction of sp³-hybridized carbons (Fsp3) is 0.241. The minimum Gasteiger partial charge on any atom is -0.497 e. The summed E-state index contributed by atoms with van der Waals surface area (Å²) >= 11 is 0. The highest BCUT2D eigenvalue weighted by atomic mass is 16.5. The number of H-pyrrole nitrogens is 1. The largest absolute Gasteiger partial charge is 0.497 e. The average Bonchev–Trinajstić information content (AvgIpc) is 3.44. The van der Waals surface area contributed by atoms with Crippen molar-refractivity contribution in [1.29, 1.82) is 0 Å². The Bertz CT molecular complexity index is 1440. The van der Waals surface area contributed by atoms with Crippen LogP contribution in [-0.4, -0.2) is 53.5 Å². The Morgan fingerprint density at radius 2 is 1.78 bits per heavy atom. The Morgan fingerprint density at radius 3 is 2.53 bits per heavy atom. The number of aliphatic hydroxyl groups excluding tert-OH is 1. The molecule has 3 heterocycles. The van der Waals surface area contributed by atoms with Crippen LogP contribution >= 0.6 is 0 Å². The lowest BCUT2D eigenvalue weighted by Crippen LogP contribution is -3.14. The molecular formula is C29H28N3O4+. The Hall–Kier alpha value is -3.94. The molecule has 0 fully saturated rings. The maximum Gasteiger partial charge on any atom is 0.261 e. The summed E-state index contributed by atoms with van der Waals surface area (Å²) in [5.74, 6) is 0.239. The highest BCUT2D eigenvalue weighted by Crippen LogP contribution is 2.29. The van der Waals surface area contributed by atoms with Gasteiger partial charge in [0.15, 0.2) is 0 Å². The first kappa shape index (κ1) is 22.5. The van der Waals surface area contributed by atoms with E-state index >= 15 is 0 Å². The average molecular weight is 483 g/mol. The number of imide groups is 1. The van der Waals surface area contributed by atoms with E-state index in [-0.39, 0.29) is 24.4 Å². The zero-order chi connectivity index (χ0) is 24.8. The Kier molecular flexibility index (Phi) is 5.59. The first-order chi connectivity index (χ1) is 17.5. The van der Waals surface area contributed by atoms with Crippen molar-refractivity contribution in [3.05, 3.63) is 101 Å². The molecule has 2 aliphatic rings. The number of carbonyl (C=O) groups excluding carboxylic acids is 2. The monoisotopic (exact) mass is 482 g/mol. The van der Waals surface area contributed by atoms with Gasteiger partial charge in [-0.15, -0.1) is 0 Å². The number of nitrogens with zero attached hydrogens (tertiary/aromatic N) is 1. The number of nitrogens with one attached hydrogen (secondary N) is 2. The van der Waals surface area contributed by atoms with Gasteiger partial charge in [-0.3, -0.25) is 14.5 Å². The first-order valence-corrected chi connectivity index (χ1v) is 12.3. The van der Waals surface area contributed by atoms with Crippen molar-refractivity contribution in [3.8, 4) is 5.75 Å². The van der Waals surface area contributed by atoms with E-state index in [1.165, 1.54) is 10.5 Å². The highest BCUT2D eigenvalue weighted by Gasteiger charge is 2.41. The normalized spacial score (nSPS) is 19.9. The van der Waals surface area contributed by atoms with Crippen LogP contribution < -0.4 is 9.64 Å². The third-order valence-electron chi connectivity index (χ3n) is 7.62. The first-order valence-electron chi connectivity index (χ1n) is 12.3. The standard InChI is InChI=1S/C29H27N3O4/c1-36-19-10-11-25-23(14-19)24(15-30-25)27(33)17-31-13-12-18-6-2-3-7-20(18)26(31)16-32-28(34)21-8-4-5-9-22(21)29(32)35/h2-11,14-15,26-27,30,33H,12-13,16-17H2,1H3/p+1/t26-,27+/m0/s1. The number of quaternary nitrogens is 1. The number of hydrogen-bond acceptors (Lipinski definition) is 4. The molecule has 182 valence electrons. The fourth-order valence-corrected chi connectivity index (χ4v) is 5.73. The number of amides is 2. The van der Waals surface area contributed by atoms with E-state index in [4.69, 9.17) is 4.74 Å². The third-order valence-corrected chi connectivity index (χ3v) is 7.62. The minimum atomic E-state index is -0.726. The highest BCUT2D eigenvalue weighted by molar-refractivity contribution is 6.21. The Labute approximate surface area is 208 Å². The number of aliphatic hydroxyl groups is 1. The van der Waals surface area contributed by atoms with Crippen LogP contribution in [0, 0.1) is 0 Å². The van der Waals surface area contributed by atoms with Gasteiger partial charge < -0.3 is 19.7 Å². The van der Waals surface area contributed by atoms with Gasteiger partial charge in [-0.25, -0.2) is 0 Å². The second-order valence-electron chi connectivity index (χ2n) is 9.55. The molecule has 36 heavy (non-hydrogen) atoms. The van der Waals surface area contributed by atoms with Crippen molar-refractivity contribution in [2.75, 3.05) is 26.7 Å². The molecule has 1 aromatic heterocycles. The molecule has 7 heteroatoms. The molecule has 3 aromatic carbocycles. The molecule has 0 bridgehead atoms. The molecule has 7 nitrogen and oxygen atoms in total. The molecule has 3 atom stereocenters. The molecule has 4 aromatic rings. The van der Waals surface area contributed by atoms with Crippen LogP contribution in [0.2, 0.25) is 0 Å². The predicted octanol–water partition coefficient (Wildman–Crippen LogP) is 2.69. The summed E-state index contributed by atoms with van der Waals surface area (Å²) in [7, 11) is 1.63. The molecule has 2 amide bonds. The van der Waals surface area contributed by atoms with Crippen LogP contribution in [-0.2, 0) is 6.42 Å². The lowest BCUT2D eigenvalue weighted by Gasteiger charge is -2.36. The Balaban J connectivity index is 1.31. The smallest absolute Gasteiger partial charge is 0.261 e. The number of aromatic nitrogens is 1. The second-order valence-corrected chi connectivity index (χ2v) is 9.55. The van der Waals surface area contributed by atoms with Crippen molar-refractivity contribution in [3.63, 3.8) is 0 Å². The number of fused-ring (bicyclic) bond motifs is 3. The molecule has 1 unspecified atom stereocenters. The van der Waals surface area contributed by atoms with Gasteiger partial charge in [-0.05, 0) is 35.9 Å². The molecule has 2 aliphatic heterocycles. The van der Waals surface area contributed by atoms with E-state index in [9.17, 15) is 14.7 Å². The number of methoxy groups -OCH3 is 1. The maximum absolute atomic E-state index is 13.1. The van der Waals surface area contributed by atoms with Crippen molar-refractivity contribution in [2.45, 2.75) is 18.6 Å². The van der Waals surface area contributed by atoms with Crippen molar-refractivity contribution in [1.82, 2.24) is 9.88 Å². The SMILES string of the molecule is COc1ccc2[nH]cc([C@H](O)C[NH+]3CCc4ccccc4[C@@H]3CN3C(=O)c4ccccc4C3=O)c2c1. The zero-order valence-corrected chi connectivity index (χ0v) is 20.0. The van der Waals surface area contributed by atoms with Crippen LogP contribution in [0.15, 0.2) is 72.9 Å². The van der Waals surface area contributed by atoms with Gasteiger partial charge in [0.05, 0.1) is 31.3 Å². The van der Waals surface area contributed by atoms with Crippen molar-refractivity contribution >= 4 is 22.7 Å². The zero-order valence-electron chi connectivity index (χ0n) is 20.0. The molecular weight excluding hydrogens is 454 g/mol. The number of ether oxygens (including phenoxy) is 1. The summed E-state index contributed by atoms with van der Waals surface area (Å²) in [5, 5.41) is 12.3.